The second-order valence-corrected chi connectivity index (χ2v) is 11.3. The van der Waals surface area contributed by atoms with Crippen LogP contribution < -0.4 is 4.74 Å². The Hall–Kier alpha value is -3.44. The van der Waals surface area contributed by atoms with Gasteiger partial charge in [-0.25, -0.2) is 4.98 Å². The third-order valence-electron chi connectivity index (χ3n) is 7.88. The molecule has 1 aliphatic rings. The molecule has 6 rings (SSSR count). The summed E-state index contributed by atoms with van der Waals surface area (Å²) < 4.78 is 13.9. The number of fused-ring (bicyclic) bond motifs is 2. The average molecular weight is 524 g/mol. The standard InChI is InChI=1S/C33H32ClN2O2/c1-36(2)19-18-33(38-22-36,29-15-9-13-23-10-7-8-14-27(23)29)31(24-11-5-4-6-12-24)28-21-25-20-26(34)16-17-30(25)35-32(28)37-3/h4-17,20-21,31H,18-19,22H2,1-3H3/q+1/t31-,33+/m1/s1. The van der Waals surface area contributed by atoms with Crippen molar-refractivity contribution in [3.8, 4) is 5.88 Å². The van der Waals surface area contributed by atoms with E-state index in [2.05, 4.69) is 93.0 Å². The first-order valence-corrected chi connectivity index (χ1v) is 13.4. The molecule has 2 heterocycles. The van der Waals surface area contributed by atoms with Gasteiger partial charge in [0, 0.05) is 28.3 Å². The highest BCUT2D eigenvalue weighted by molar-refractivity contribution is 6.31. The minimum atomic E-state index is -0.642. The first-order valence-electron chi connectivity index (χ1n) is 13.0. The fourth-order valence-electron chi connectivity index (χ4n) is 5.95. The molecule has 1 aliphatic heterocycles. The molecule has 1 saturated heterocycles. The molecule has 5 heteroatoms. The molecule has 0 N–H and O–H groups in total. The molecule has 4 nitrogen and oxygen atoms in total. The van der Waals surface area contributed by atoms with E-state index in [0.29, 0.717) is 17.6 Å². The van der Waals surface area contributed by atoms with E-state index in [1.807, 2.05) is 18.2 Å². The first kappa shape index (κ1) is 24.9. The lowest BCUT2D eigenvalue weighted by atomic mass is 9.70. The van der Waals surface area contributed by atoms with Gasteiger partial charge < -0.3 is 14.0 Å². The Kier molecular flexibility index (Phi) is 6.35. The molecule has 192 valence electrons. The highest BCUT2D eigenvalue weighted by Gasteiger charge is 2.50. The van der Waals surface area contributed by atoms with Gasteiger partial charge in [-0.2, -0.15) is 0 Å². The van der Waals surface area contributed by atoms with Gasteiger partial charge in [0.25, 0.3) is 0 Å². The molecule has 0 bridgehead atoms. The van der Waals surface area contributed by atoms with Crippen LogP contribution in [0.25, 0.3) is 21.7 Å². The molecule has 5 aromatic rings. The number of methoxy groups -OCH3 is 1. The monoisotopic (exact) mass is 523 g/mol. The maximum absolute atomic E-state index is 7.14. The molecule has 0 amide bonds. The van der Waals surface area contributed by atoms with Crippen LogP contribution in [0.4, 0.5) is 0 Å². The van der Waals surface area contributed by atoms with Gasteiger partial charge in [0.15, 0.2) is 6.73 Å². The van der Waals surface area contributed by atoms with Crippen molar-refractivity contribution >= 4 is 33.3 Å². The van der Waals surface area contributed by atoms with E-state index in [-0.39, 0.29) is 5.92 Å². The molecule has 0 unspecified atom stereocenters. The van der Waals surface area contributed by atoms with Crippen molar-refractivity contribution in [2.75, 3.05) is 34.5 Å². The molecular formula is C33H32ClN2O2+. The highest BCUT2D eigenvalue weighted by atomic mass is 35.5. The summed E-state index contributed by atoms with van der Waals surface area (Å²) in [5.74, 6) is 0.442. The van der Waals surface area contributed by atoms with Gasteiger partial charge in [-0.15, -0.1) is 0 Å². The maximum Gasteiger partial charge on any atom is 0.217 e. The lowest BCUT2D eigenvalue weighted by molar-refractivity contribution is -0.922. The van der Waals surface area contributed by atoms with Gasteiger partial charge in [-0.1, -0.05) is 84.4 Å². The van der Waals surface area contributed by atoms with Crippen molar-refractivity contribution in [1.29, 1.82) is 0 Å². The van der Waals surface area contributed by atoms with Crippen LogP contribution in [0, 0.1) is 0 Å². The molecule has 1 aromatic heterocycles. The van der Waals surface area contributed by atoms with Crippen LogP contribution in [0.15, 0.2) is 97.1 Å². The minimum Gasteiger partial charge on any atom is -0.481 e. The number of quaternary nitrogens is 1. The maximum atomic E-state index is 7.14. The number of rotatable bonds is 5. The smallest absolute Gasteiger partial charge is 0.217 e. The van der Waals surface area contributed by atoms with Crippen LogP contribution >= 0.6 is 11.6 Å². The average Bonchev–Trinajstić information content (AvgIpc) is 2.94. The fraction of sp³-hybridized carbons (Fsp3) is 0.242. The van der Waals surface area contributed by atoms with Gasteiger partial charge in [-0.05, 0) is 46.2 Å². The van der Waals surface area contributed by atoms with Crippen molar-refractivity contribution in [2.45, 2.75) is 17.9 Å². The molecule has 0 radical (unpaired) electrons. The number of hydrogen-bond acceptors (Lipinski definition) is 3. The van der Waals surface area contributed by atoms with Crippen LogP contribution in [0.3, 0.4) is 0 Å². The summed E-state index contributed by atoms with van der Waals surface area (Å²) >= 11 is 6.42. The van der Waals surface area contributed by atoms with E-state index in [9.17, 15) is 0 Å². The number of benzene rings is 4. The molecule has 2 atom stereocenters. The molecule has 0 aliphatic carbocycles. The fourth-order valence-corrected chi connectivity index (χ4v) is 6.13. The van der Waals surface area contributed by atoms with E-state index in [1.54, 1.807) is 7.11 Å². The zero-order valence-corrected chi connectivity index (χ0v) is 22.8. The zero-order chi connectivity index (χ0) is 26.3. The van der Waals surface area contributed by atoms with E-state index in [1.165, 1.54) is 16.3 Å². The summed E-state index contributed by atoms with van der Waals surface area (Å²) in [6.07, 6.45) is 0.838. The molecule has 0 saturated carbocycles. The Labute approximate surface area is 229 Å². The predicted octanol–water partition coefficient (Wildman–Crippen LogP) is 7.53. The largest absolute Gasteiger partial charge is 0.481 e. The van der Waals surface area contributed by atoms with Crippen LogP contribution in [0.2, 0.25) is 5.02 Å². The van der Waals surface area contributed by atoms with Gasteiger partial charge in [0.05, 0.1) is 33.3 Å². The van der Waals surface area contributed by atoms with Crippen LogP contribution in [0.5, 0.6) is 5.88 Å². The Morgan fingerprint density at radius 1 is 0.895 bits per heavy atom. The minimum absolute atomic E-state index is 0.166. The molecule has 38 heavy (non-hydrogen) atoms. The number of nitrogens with zero attached hydrogens (tertiary/aromatic N) is 2. The summed E-state index contributed by atoms with van der Waals surface area (Å²) in [6, 6.07) is 33.8. The summed E-state index contributed by atoms with van der Waals surface area (Å²) in [5.41, 5.74) is 3.56. The van der Waals surface area contributed by atoms with Crippen LogP contribution in [0.1, 0.15) is 29.0 Å². The number of hydrogen-bond donors (Lipinski definition) is 0. The second kappa shape index (κ2) is 9.70. The van der Waals surface area contributed by atoms with Gasteiger partial charge in [-0.3, -0.25) is 0 Å². The normalized spacial score (nSPS) is 19.9. The zero-order valence-electron chi connectivity index (χ0n) is 22.0. The second-order valence-electron chi connectivity index (χ2n) is 10.9. The summed E-state index contributed by atoms with van der Waals surface area (Å²) in [4.78, 5) is 4.95. The highest BCUT2D eigenvalue weighted by Crippen LogP contribution is 2.52. The van der Waals surface area contributed by atoms with Crippen molar-refractivity contribution in [3.05, 3.63) is 119 Å². The lowest BCUT2D eigenvalue weighted by Crippen LogP contribution is -2.55. The Morgan fingerprint density at radius 2 is 1.66 bits per heavy atom. The van der Waals surface area contributed by atoms with E-state index in [4.69, 9.17) is 26.1 Å². The number of pyridine rings is 1. The van der Waals surface area contributed by atoms with E-state index >= 15 is 0 Å². The van der Waals surface area contributed by atoms with Crippen molar-refractivity contribution < 1.29 is 14.0 Å². The Balaban J connectivity index is 1.68. The van der Waals surface area contributed by atoms with Gasteiger partial charge >= 0.3 is 0 Å². The van der Waals surface area contributed by atoms with Crippen molar-refractivity contribution in [2.24, 2.45) is 0 Å². The molecule has 4 aromatic carbocycles. The summed E-state index contributed by atoms with van der Waals surface area (Å²) in [6.45, 7) is 1.57. The topological polar surface area (TPSA) is 31.4 Å². The SMILES string of the molecule is COc1nc2ccc(Cl)cc2cc1[C@@H](c1ccccc1)[C@@]1(c2cccc3ccccc23)CC[N+](C)(C)CO1. The Morgan fingerprint density at radius 3 is 2.42 bits per heavy atom. The number of aromatic nitrogens is 1. The van der Waals surface area contributed by atoms with Crippen molar-refractivity contribution in [1.82, 2.24) is 4.98 Å². The van der Waals surface area contributed by atoms with E-state index < -0.39 is 5.60 Å². The number of ether oxygens (including phenoxy) is 2. The van der Waals surface area contributed by atoms with Gasteiger partial charge in [0.1, 0.15) is 5.60 Å². The molecule has 0 spiro atoms. The predicted molar refractivity (Wildman–Crippen MR) is 155 cm³/mol. The molecule has 1 fully saturated rings. The first-order chi connectivity index (χ1) is 18.4. The van der Waals surface area contributed by atoms with Gasteiger partial charge in [0.2, 0.25) is 5.88 Å². The number of halogens is 1. The summed E-state index contributed by atoms with van der Waals surface area (Å²) in [5, 5.41) is 4.08. The van der Waals surface area contributed by atoms with Crippen LogP contribution in [-0.4, -0.2) is 43.9 Å². The van der Waals surface area contributed by atoms with Crippen molar-refractivity contribution in [3.63, 3.8) is 0 Å². The lowest BCUT2D eigenvalue weighted by Gasteiger charge is -2.49. The summed E-state index contributed by atoms with van der Waals surface area (Å²) in [7, 11) is 6.15. The third-order valence-corrected chi connectivity index (χ3v) is 8.11. The van der Waals surface area contributed by atoms with E-state index in [0.717, 1.165) is 39.5 Å². The third kappa shape index (κ3) is 4.33. The Bertz CT molecular complexity index is 1600. The molecular weight excluding hydrogens is 492 g/mol. The van der Waals surface area contributed by atoms with Crippen LogP contribution in [-0.2, 0) is 10.3 Å². The quantitative estimate of drug-likeness (QED) is 0.223.